The summed E-state index contributed by atoms with van der Waals surface area (Å²) in [5.41, 5.74) is 1.72. The van der Waals surface area contributed by atoms with E-state index >= 15 is 0 Å². The van der Waals surface area contributed by atoms with Gasteiger partial charge in [-0.25, -0.2) is 0 Å². The van der Waals surface area contributed by atoms with E-state index in [2.05, 4.69) is 0 Å². The van der Waals surface area contributed by atoms with Crippen LogP contribution < -0.4 is 10.2 Å². The van der Waals surface area contributed by atoms with Gasteiger partial charge in [-0.1, -0.05) is 17.6 Å². The quantitative estimate of drug-likeness (QED) is 0.732. The SMILES string of the molecule is [B]c1cccc(OC)c1CC1COC(C)(C)O1. The van der Waals surface area contributed by atoms with E-state index in [0.717, 1.165) is 16.8 Å². The Morgan fingerprint density at radius 1 is 1.47 bits per heavy atom. The van der Waals surface area contributed by atoms with Crippen LogP contribution >= 0.6 is 0 Å². The fourth-order valence-corrected chi connectivity index (χ4v) is 2.08. The van der Waals surface area contributed by atoms with Crippen molar-refractivity contribution < 1.29 is 14.2 Å². The van der Waals surface area contributed by atoms with E-state index in [1.807, 2.05) is 32.0 Å². The summed E-state index contributed by atoms with van der Waals surface area (Å²) in [7, 11) is 7.61. The van der Waals surface area contributed by atoms with E-state index in [4.69, 9.17) is 22.1 Å². The number of benzene rings is 1. The Bertz CT molecular complexity index is 404. The van der Waals surface area contributed by atoms with Gasteiger partial charge in [0.2, 0.25) is 0 Å². The van der Waals surface area contributed by atoms with Gasteiger partial charge in [-0.15, -0.1) is 0 Å². The van der Waals surface area contributed by atoms with Gasteiger partial charge in [-0.2, -0.15) is 0 Å². The van der Waals surface area contributed by atoms with Crippen LogP contribution in [0.15, 0.2) is 18.2 Å². The normalized spacial score (nSPS) is 22.6. The maximum absolute atomic E-state index is 5.97. The number of hydrogen-bond acceptors (Lipinski definition) is 3. The summed E-state index contributed by atoms with van der Waals surface area (Å²) in [6.45, 7) is 4.42. The van der Waals surface area contributed by atoms with Crippen molar-refractivity contribution in [1.29, 1.82) is 0 Å². The molecule has 1 saturated heterocycles. The molecule has 0 N–H and O–H groups in total. The molecule has 0 amide bonds. The minimum atomic E-state index is -0.499. The summed E-state index contributed by atoms with van der Waals surface area (Å²) in [5.74, 6) is 0.305. The average Bonchev–Trinajstić information content (AvgIpc) is 2.61. The molecule has 1 aromatic carbocycles. The van der Waals surface area contributed by atoms with Crippen molar-refractivity contribution in [3.05, 3.63) is 23.8 Å². The lowest BCUT2D eigenvalue weighted by atomic mass is 9.87. The van der Waals surface area contributed by atoms with Crippen LogP contribution in [0.2, 0.25) is 0 Å². The first-order valence-corrected chi connectivity index (χ1v) is 5.75. The van der Waals surface area contributed by atoms with Gasteiger partial charge in [0, 0.05) is 6.42 Å². The molecule has 17 heavy (non-hydrogen) atoms. The van der Waals surface area contributed by atoms with Gasteiger partial charge in [0.05, 0.1) is 19.8 Å². The molecule has 0 spiro atoms. The lowest BCUT2D eigenvalue weighted by Gasteiger charge is -2.18. The highest BCUT2D eigenvalue weighted by atomic mass is 16.7. The molecule has 2 radical (unpaired) electrons. The third kappa shape index (κ3) is 2.82. The third-order valence-corrected chi connectivity index (χ3v) is 2.89. The predicted molar refractivity (Wildman–Crippen MR) is 67.0 cm³/mol. The largest absolute Gasteiger partial charge is 0.496 e. The average molecular weight is 232 g/mol. The van der Waals surface area contributed by atoms with Crippen molar-refractivity contribution in [2.75, 3.05) is 13.7 Å². The molecule has 1 heterocycles. The maximum Gasteiger partial charge on any atom is 0.163 e. The molecule has 4 heteroatoms. The Morgan fingerprint density at radius 3 is 2.82 bits per heavy atom. The summed E-state index contributed by atoms with van der Waals surface area (Å²) in [6, 6.07) is 5.67. The molecule has 2 rings (SSSR count). The van der Waals surface area contributed by atoms with Crippen molar-refractivity contribution in [2.24, 2.45) is 0 Å². The molecule has 0 saturated carbocycles. The van der Waals surface area contributed by atoms with E-state index in [1.54, 1.807) is 7.11 Å². The van der Waals surface area contributed by atoms with E-state index < -0.39 is 5.79 Å². The standard InChI is InChI=1S/C13H17BO3/c1-13(2)16-8-9(17-13)7-10-11(14)5-4-6-12(10)15-3/h4-6,9H,7-8H2,1-3H3. The molecule has 0 aromatic heterocycles. The van der Waals surface area contributed by atoms with Gasteiger partial charge in [0.1, 0.15) is 13.6 Å². The van der Waals surface area contributed by atoms with Crippen LogP contribution in [0.25, 0.3) is 0 Å². The third-order valence-electron chi connectivity index (χ3n) is 2.89. The second-order valence-corrected chi connectivity index (χ2v) is 4.68. The minimum absolute atomic E-state index is 0.0311. The molecule has 90 valence electrons. The minimum Gasteiger partial charge on any atom is -0.496 e. The van der Waals surface area contributed by atoms with Crippen molar-refractivity contribution in [3.63, 3.8) is 0 Å². The molecule has 0 bridgehead atoms. The van der Waals surface area contributed by atoms with Gasteiger partial charge in [-0.05, 0) is 25.5 Å². The van der Waals surface area contributed by atoms with Gasteiger partial charge >= 0.3 is 0 Å². The van der Waals surface area contributed by atoms with Gasteiger partial charge in [0.25, 0.3) is 0 Å². The zero-order chi connectivity index (χ0) is 12.5. The number of hydrogen-bond donors (Lipinski definition) is 0. The first kappa shape index (κ1) is 12.5. The molecule has 1 aliphatic heterocycles. The zero-order valence-electron chi connectivity index (χ0n) is 10.5. The van der Waals surface area contributed by atoms with Crippen LogP contribution in [-0.2, 0) is 15.9 Å². The molecule has 1 fully saturated rings. The van der Waals surface area contributed by atoms with E-state index in [9.17, 15) is 0 Å². The van der Waals surface area contributed by atoms with Crippen molar-refractivity contribution in [1.82, 2.24) is 0 Å². The lowest BCUT2D eigenvalue weighted by molar-refractivity contribution is -0.138. The van der Waals surface area contributed by atoms with Gasteiger partial charge in [-0.3, -0.25) is 0 Å². The summed E-state index contributed by atoms with van der Waals surface area (Å²) >= 11 is 0. The molecule has 1 aliphatic rings. The van der Waals surface area contributed by atoms with E-state index in [0.29, 0.717) is 13.0 Å². The van der Waals surface area contributed by atoms with Crippen LogP contribution in [0.4, 0.5) is 0 Å². The molecular weight excluding hydrogens is 215 g/mol. The Labute approximate surface area is 103 Å². The highest BCUT2D eigenvalue weighted by Crippen LogP contribution is 2.26. The van der Waals surface area contributed by atoms with E-state index in [-0.39, 0.29) is 6.10 Å². The smallest absolute Gasteiger partial charge is 0.163 e. The first-order valence-electron chi connectivity index (χ1n) is 5.75. The van der Waals surface area contributed by atoms with Crippen LogP contribution in [-0.4, -0.2) is 33.5 Å². The number of methoxy groups -OCH3 is 1. The van der Waals surface area contributed by atoms with Crippen LogP contribution in [0, 0.1) is 0 Å². The molecule has 3 nitrogen and oxygen atoms in total. The second-order valence-electron chi connectivity index (χ2n) is 4.68. The molecule has 0 aliphatic carbocycles. The number of rotatable bonds is 3. The first-order chi connectivity index (χ1) is 8.02. The maximum atomic E-state index is 5.97. The molecule has 1 aromatic rings. The second kappa shape index (κ2) is 4.71. The summed E-state index contributed by atoms with van der Waals surface area (Å²) in [5, 5.41) is 0. The Morgan fingerprint density at radius 2 is 2.24 bits per heavy atom. The fraction of sp³-hybridized carbons (Fsp3) is 0.538. The number of ether oxygens (including phenoxy) is 3. The summed E-state index contributed by atoms with van der Waals surface area (Å²) < 4.78 is 16.6. The topological polar surface area (TPSA) is 27.7 Å². The predicted octanol–water partition coefficient (Wildman–Crippen LogP) is 1.18. The monoisotopic (exact) mass is 232 g/mol. The van der Waals surface area contributed by atoms with Crippen LogP contribution in [0.1, 0.15) is 19.4 Å². The Hall–Kier alpha value is -0.995. The fourth-order valence-electron chi connectivity index (χ4n) is 2.08. The van der Waals surface area contributed by atoms with Gasteiger partial charge in [0.15, 0.2) is 5.79 Å². The summed E-state index contributed by atoms with van der Waals surface area (Å²) in [4.78, 5) is 0. The van der Waals surface area contributed by atoms with Crippen molar-refractivity contribution in [3.8, 4) is 5.75 Å². The Kier molecular flexibility index (Phi) is 3.45. The van der Waals surface area contributed by atoms with Crippen LogP contribution in [0.5, 0.6) is 5.75 Å². The van der Waals surface area contributed by atoms with E-state index in [1.165, 1.54) is 0 Å². The molecular formula is C13H17BO3. The highest BCUT2D eigenvalue weighted by molar-refractivity contribution is 6.33. The summed E-state index contributed by atoms with van der Waals surface area (Å²) in [6.07, 6.45) is 0.739. The van der Waals surface area contributed by atoms with Crippen molar-refractivity contribution >= 4 is 13.3 Å². The molecule has 1 unspecified atom stereocenters. The molecule has 1 atom stereocenters. The van der Waals surface area contributed by atoms with Gasteiger partial charge < -0.3 is 14.2 Å². The van der Waals surface area contributed by atoms with Crippen molar-refractivity contribution in [2.45, 2.75) is 32.2 Å². The zero-order valence-corrected chi connectivity index (χ0v) is 10.5. The lowest BCUT2D eigenvalue weighted by Crippen LogP contribution is -2.24. The Balaban J connectivity index is 2.14. The van der Waals surface area contributed by atoms with Crippen LogP contribution in [0.3, 0.4) is 0 Å². The highest BCUT2D eigenvalue weighted by Gasteiger charge is 2.33.